The Morgan fingerprint density at radius 2 is 2.18 bits per heavy atom. The third-order valence-corrected chi connectivity index (χ3v) is 2.57. The van der Waals surface area contributed by atoms with E-state index in [-0.39, 0.29) is 5.91 Å². The normalized spacial score (nSPS) is 15.5. The van der Waals surface area contributed by atoms with E-state index in [1.54, 1.807) is 29.2 Å². The Bertz CT molecular complexity index is 393. The average Bonchev–Trinajstić information content (AvgIpc) is 2.40. The van der Waals surface area contributed by atoms with Crippen molar-refractivity contribution in [1.29, 1.82) is 0 Å². The number of amides is 1. The minimum Gasteiger partial charge on any atom is -0.537 e. The van der Waals surface area contributed by atoms with Gasteiger partial charge in [-0.3, -0.25) is 4.79 Å². The first-order chi connectivity index (χ1) is 8.31. The third-order valence-electron chi connectivity index (χ3n) is 2.57. The van der Waals surface area contributed by atoms with Crippen LogP contribution in [0.15, 0.2) is 24.3 Å². The molecule has 1 heterocycles. The van der Waals surface area contributed by atoms with Gasteiger partial charge in [0.2, 0.25) is 0 Å². The van der Waals surface area contributed by atoms with E-state index in [1.807, 2.05) is 0 Å². The van der Waals surface area contributed by atoms with Gasteiger partial charge in [-0.25, -0.2) is 0 Å². The Hall–Kier alpha value is -1.53. The van der Waals surface area contributed by atoms with Crippen molar-refractivity contribution in [2.24, 2.45) is 0 Å². The second kappa shape index (κ2) is 5.70. The number of ether oxygens (including phenoxy) is 1. The summed E-state index contributed by atoms with van der Waals surface area (Å²) < 4.78 is 10.0. The van der Waals surface area contributed by atoms with Gasteiger partial charge in [-0.05, 0) is 18.2 Å². The summed E-state index contributed by atoms with van der Waals surface area (Å²) in [7, 11) is 0.596. The average molecular weight is 234 g/mol. The van der Waals surface area contributed by atoms with Crippen LogP contribution in [0.5, 0.6) is 5.75 Å². The molecule has 1 fully saturated rings. The first kappa shape index (κ1) is 11.9. The molecule has 89 valence electrons. The number of carbonyl (C=O) groups is 1. The van der Waals surface area contributed by atoms with Crippen LogP contribution in [-0.4, -0.2) is 49.8 Å². The van der Waals surface area contributed by atoms with Crippen LogP contribution in [0, 0.1) is 0 Å². The van der Waals surface area contributed by atoms with Crippen LogP contribution < -0.4 is 4.65 Å². The smallest absolute Gasteiger partial charge is 0.537 e. The second-order valence-corrected chi connectivity index (χ2v) is 3.66. The van der Waals surface area contributed by atoms with Gasteiger partial charge in [0.25, 0.3) is 5.91 Å². The zero-order chi connectivity index (χ0) is 12.1. The molecule has 0 spiro atoms. The van der Waals surface area contributed by atoms with E-state index in [1.165, 1.54) is 0 Å². The topological polar surface area (TPSA) is 59.0 Å². The van der Waals surface area contributed by atoms with Crippen molar-refractivity contribution in [2.45, 2.75) is 0 Å². The Morgan fingerprint density at radius 3 is 2.88 bits per heavy atom. The Balaban J connectivity index is 2.09. The molecule has 1 saturated heterocycles. The van der Waals surface area contributed by atoms with Gasteiger partial charge < -0.3 is 19.3 Å². The number of hydrogen-bond donors (Lipinski definition) is 1. The van der Waals surface area contributed by atoms with Crippen molar-refractivity contribution in [3.63, 3.8) is 0 Å². The minimum absolute atomic E-state index is 0.0447. The van der Waals surface area contributed by atoms with Crippen molar-refractivity contribution >= 4 is 13.6 Å². The molecule has 0 aliphatic carbocycles. The summed E-state index contributed by atoms with van der Waals surface area (Å²) in [5.74, 6) is 0.392. The van der Waals surface area contributed by atoms with Crippen LogP contribution in [0.4, 0.5) is 0 Å². The van der Waals surface area contributed by atoms with Gasteiger partial charge in [0.05, 0.1) is 13.2 Å². The lowest BCUT2D eigenvalue weighted by Crippen LogP contribution is -2.40. The summed E-state index contributed by atoms with van der Waals surface area (Å²) in [4.78, 5) is 13.8. The van der Waals surface area contributed by atoms with Gasteiger partial charge in [-0.15, -0.1) is 0 Å². The molecule has 1 aromatic rings. The first-order valence-corrected chi connectivity index (χ1v) is 5.41. The summed E-state index contributed by atoms with van der Waals surface area (Å²) in [6, 6.07) is 6.71. The van der Waals surface area contributed by atoms with E-state index >= 15 is 0 Å². The zero-order valence-corrected chi connectivity index (χ0v) is 9.33. The summed E-state index contributed by atoms with van der Waals surface area (Å²) in [5, 5.41) is 8.54. The first-order valence-electron chi connectivity index (χ1n) is 5.41. The molecule has 0 saturated carbocycles. The zero-order valence-electron chi connectivity index (χ0n) is 9.33. The quantitative estimate of drug-likeness (QED) is 0.751. The maximum Gasteiger partial charge on any atom is 0.569 e. The predicted molar refractivity (Wildman–Crippen MR) is 61.8 cm³/mol. The Morgan fingerprint density at radius 1 is 1.41 bits per heavy atom. The Labute approximate surface area is 100 Å². The number of benzene rings is 1. The molecule has 6 heteroatoms. The van der Waals surface area contributed by atoms with Crippen molar-refractivity contribution in [3.05, 3.63) is 29.8 Å². The van der Waals surface area contributed by atoms with E-state index < -0.39 is 0 Å². The third kappa shape index (κ3) is 2.98. The summed E-state index contributed by atoms with van der Waals surface area (Å²) in [6.45, 7) is 2.37. The predicted octanol–water partition coefficient (Wildman–Crippen LogP) is 0.0643. The molecule has 1 aliphatic heterocycles. The van der Waals surface area contributed by atoms with Crippen molar-refractivity contribution < 1.29 is 19.2 Å². The van der Waals surface area contributed by atoms with Crippen LogP contribution in [-0.2, 0) is 4.74 Å². The van der Waals surface area contributed by atoms with Gasteiger partial charge >= 0.3 is 7.69 Å². The molecule has 17 heavy (non-hydrogen) atoms. The molecule has 0 bridgehead atoms. The number of morpholine rings is 1. The molecule has 2 rings (SSSR count). The van der Waals surface area contributed by atoms with Gasteiger partial charge in [0.1, 0.15) is 5.75 Å². The van der Waals surface area contributed by atoms with Crippen LogP contribution in [0.1, 0.15) is 10.4 Å². The van der Waals surface area contributed by atoms with E-state index in [0.29, 0.717) is 45.3 Å². The maximum atomic E-state index is 12.1. The molecule has 1 aliphatic rings. The second-order valence-electron chi connectivity index (χ2n) is 3.66. The van der Waals surface area contributed by atoms with E-state index in [0.717, 1.165) is 0 Å². The van der Waals surface area contributed by atoms with E-state index in [4.69, 9.17) is 14.4 Å². The Kier molecular flexibility index (Phi) is 4.00. The van der Waals surface area contributed by atoms with Crippen LogP contribution in [0.3, 0.4) is 0 Å². The minimum atomic E-state index is -0.0447. The van der Waals surface area contributed by atoms with E-state index in [9.17, 15) is 4.79 Å². The summed E-state index contributed by atoms with van der Waals surface area (Å²) in [5.41, 5.74) is 0.547. The van der Waals surface area contributed by atoms with Crippen LogP contribution in [0.2, 0.25) is 0 Å². The fraction of sp³-hybridized carbons (Fsp3) is 0.364. The van der Waals surface area contributed by atoms with Gasteiger partial charge in [-0.1, -0.05) is 6.07 Å². The molecule has 1 amide bonds. The molecule has 1 radical (unpaired) electrons. The van der Waals surface area contributed by atoms with Crippen molar-refractivity contribution in [1.82, 2.24) is 4.90 Å². The molecule has 5 nitrogen and oxygen atoms in total. The molecular formula is C11H13BNO4. The number of carbonyl (C=O) groups excluding carboxylic acids is 1. The largest absolute Gasteiger partial charge is 0.569 e. The number of hydrogen-bond acceptors (Lipinski definition) is 4. The highest BCUT2D eigenvalue weighted by molar-refractivity contribution is 6.17. The lowest BCUT2D eigenvalue weighted by Gasteiger charge is -2.26. The maximum absolute atomic E-state index is 12.1. The standard InChI is InChI=1S/C11H13BNO4/c14-11(13-4-6-16-7-5-13)9-2-1-3-10(8-9)17-12-15/h1-3,8,15H,4-7H2. The lowest BCUT2D eigenvalue weighted by atomic mass is 10.1. The van der Waals surface area contributed by atoms with Gasteiger partial charge in [0.15, 0.2) is 0 Å². The van der Waals surface area contributed by atoms with Crippen molar-refractivity contribution in [2.75, 3.05) is 26.3 Å². The molecule has 0 atom stereocenters. The van der Waals surface area contributed by atoms with Crippen molar-refractivity contribution in [3.8, 4) is 5.75 Å². The van der Waals surface area contributed by atoms with Gasteiger partial charge in [0, 0.05) is 18.7 Å². The van der Waals surface area contributed by atoms with Crippen LogP contribution in [0.25, 0.3) is 0 Å². The molecule has 0 unspecified atom stereocenters. The molecular weight excluding hydrogens is 221 g/mol. The lowest BCUT2D eigenvalue weighted by molar-refractivity contribution is 0.0303. The highest BCUT2D eigenvalue weighted by atomic mass is 16.5. The number of rotatable bonds is 3. The molecule has 1 N–H and O–H groups in total. The number of nitrogens with zero attached hydrogens (tertiary/aromatic N) is 1. The summed E-state index contributed by atoms with van der Waals surface area (Å²) >= 11 is 0. The highest BCUT2D eigenvalue weighted by Crippen LogP contribution is 2.15. The molecule has 1 aromatic carbocycles. The van der Waals surface area contributed by atoms with Gasteiger partial charge in [-0.2, -0.15) is 0 Å². The van der Waals surface area contributed by atoms with E-state index in [2.05, 4.69) is 0 Å². The fourth-order valence-electron chi connectivity index (χ4n) is 1.71. The summed E-state index contributed by atoms with van der Waals surface area (Å²) in [6.07, 6.45) is 0. The monoisotopic (exact) mass is 234 g/mol. The molecule has 0 aromatic heterocycles. The SMILES string of the molecule is O=C(c1cccc(O[B]O)c1)N1CCOCC1. The highest BCUT2D eigenvalue weighted by Gasteiger charge is 2.18. The fourth-order valence-corrected chi connectivity index (χ4v) is 1.71. The van der Waals surface area contributed by atoms with Crippen LogP contribution >= 0.6 is 0 Å².